The first-order valence-electron chi connectivity index (χ1n) is 9.49. The number of hydrogen-bond donors (Lipinski definition) is 1. The van der Waals surface area contributed by atoms with E-state index < -0.39 is 5.91 Å². The number of anilines is 1. The van der Waals surface area contributed by atoms with Gasteiger partial charge < -0.3 is 9.47 Å². The van der Waals surface area contributed by atoms with Gasteiger partial charge in [-0.2, -0.15) is 5.26 Å². The predicted molar refractivity (Wildman–Crippen MR) is 112 cm³/mol. The molecule has 1 fully saturated rings. The van der Waals surface area contributed by atoms with Gasteiger partial charge in [0.1, 0.15) is 17.5 Å². The average molecular weight is 421 g/mol. The molecule has 1 aromatic carbocycles. The lowest BCUT2D eigenvalue weighted by atomic mass is 9.99. The monoisotopic (exact) mass is 421 g/mol. The van der Waals surface area contributed by atoms with Crippen LogP contribution in [0.4, 0.5) is 5.13 Å². The van der Waals surface area contributed by atoms with E-state index in [1.807, 2.05) is 24.3 Å². The summed E-state index contributed by atoms with van der Waals surface area (Å²) < 4.78 is 11.0. The third-order valence-electron chi connectivity index (χ3n) is 4.74. The zero-order valence-corrected chi connectivity index (χ0v) is 17.1. The van der Waals surface area contributed by atoms with Crippen LogP contribution in [-0.4, -0.2) is 34.8 Å². The fourth-order valence-electron chi connectivity index (χ4n) is 2.99. The number of aromatic nitrogens is 3. The molecule has 8 nitrogen and oxygen atoms in total. The maximum atomic E-state index is 13.0. The zero-order chi connectivity index (χ0) is 20.9. The molecule has 0 radical (unpaired) electrons. The van der Waals surface area contributed by atoms with Gasteiger partial charge in [-0.05, 0) is 35.8 Å². The minimum atomic E-state index is -0.409. The number of nitriles is 1. The number of hydrogen-bond acceptors (Lipinski definition) is 8. The van der Waals surface area contributed by atoms with E-state index in [2.05, 4.69) is 20.5 Å². The summed E-state index contributed by atoms with van der Waals surface area (Å²) in [6.45, 7) is 0.602. The zero-order valence-electron chi connectivity index (χ0n) is 16.3. The van der Waals surface area contributed by atoms with Crippen molar-refractivity contribution >= 4 is 22.4 Å². The summed E-state index contributed by atoms with van der Waals surface area (Å²) in [5, 5.41) is 20.7. The Hall–Kier alpha value is -3.51. The largest absolute Gasteiger partial charge is 0.496 e. The Morgan fingerprint density at radius 3 is 2.90 bits per heavy atom. The molecule has 0 unspecified atom stereocenters. The van der Waals surface area contributed by atoms with Crippen LogP contribution in [0.25, 0.3) is 11.1 Å². The first kappa shape index (κ1) is 19.8. The van der Waals surface area contributed by atoms with E-state index in [1.54, 1.807) is 19.2 Å². The van der Waals surface area contributed by atoms with Crippen molar-refractivity contribution in [2.45, 2.75) is 19.3 Å². The first-order valence-corrected chi connectivity index (χ1v) is 10.3. The molecule has 9 heteroatoms. The SMILES string of the molecule is COc1ccccc1-c1cc(C#N)ncc1C(=O)Nc1nnc(OCCC2CC2)s1. The molecule has 0 saturated heterocycles. The molecular weight excluding hydrogens is 402 g/mol. The number of pyridine rings is 1. The second-order valence-electron chi connectivity index (χ2n) is 6.83. The number of amides is 1. The Morgan fingerprint density at radius 2 is 2.13 bits per heavy atom. The lowest BCUT2D eigenvalue weighted by Gasteiger charge is -2.12. The molecule has 0 spiro atoms. The molecule has 4 rings (SSSR count). The van der Waals surface area contributed by atoms with Crippen molar-refractivity contribution in [3.63, 3.8) is 0 Å². The summed E-state index contributed by atoms with van der Waals surface area (Å²) in [5.74, 6) is 0.951. The van der Waals surface area contributed by atoms with Crippen molar-refractivity contribution in [2.75, 3.05) is 19.0 Å². The lowest BCUT2D eigenvalue weighted by molar-refractivity contribution is 0.102. The highest BCUT2D eigenvalue weighted by Gasteiger charge is 2.22. The van der Waals surface area contributed by atoms with Gasteiger partial charge in [0.05, 0.1) is 19.3 Å². The number of benzene rings is 1. The number of nitrogens with one attached hydrogen (secondary N) is 1. The number of carbonyl (C=O) groups excluding carboxylic acids is 1. The van der Waals surface area contributed by atoms with Gasteiger partial charge in [0.15, 0.2) is 0 Å². The number of ether oxygens (including phenoxy) is 2. The van der Waals surface area contributed by atoms with Gasteiger partial charge in [0.2, 0.25) is 5.13 Å². The molecule has 0 atom stereocenters. The molecule has 2 aromatic heterocycles. The minimum Gasteiger partial charge on any atom is -0.496 e. The highest BCUT2D eigenvalue weighted by molar-refractivity contribution is 7.17. The molecule has 3 aromatic rings. The van der Waals surface area contributed by atoms with Crippen LogP contribution in [0.5, 0.6) is 10.9 Å². The van der Waals surface area contributed by atoms with E-state index in [0.717, 1.165) is 12.3 Å². The summed E-state index contributed by atoms with van der Waals surface area (Å²) in [4.78, 5) is 17.0. The molecule has 1 N–H and O–H groups in total. The third-order valence-corrected chi connectivity index (χ3v) is 5.49. The first-order chi connectivity index (χ1) is 14.7. The minimum absolute atomic E-state index is 0.203. The van der Waals surface area contributed by atoms with E-state index >= 15 is 0 Å². The third kappa shape index (κ3) is 4.55. The van der Waals surface area contributed by atoms with Crippen LogP contribution in [0.2, 0.25) is 0 Å². The van der Waals surface area contributed by atoms with Crippen LogP contribution >= 0.6 is 11.3 Å². The van der Waals surface area contributed by atoms with Gasteiger partial charge in [-0.15, -0.1) is 5.10 Å². The van der Waals surface area contributed by atoms with Crippen molar-refractivity contribution in [1.29, 1.82) is 5.26 Å². The molecule has 2 heterocycles. The maximum absolute atomic E-state index is 13.0. The van der Waals surface area contributed by atoms with Crippen LogP contribution < -0.4 is 14.8 Å². The normalized spacial score (nSPS) is 12.8. The summed E-state index contributed by atoms with van der Waals surface area (Å²) in [6.07, 6.45) is 4.94. The number of methoxy groups -OCH3 is 1. The van der Waals surface area contributed by atoms with Gasteiger partial charge in [-0.1, -0.05) is 36.1 Å². The Morgan fingerprint density at radius 1 is 1.30 bits per heavy atom. The fourth-order valence-corrected chi connectivity index (χ4v) is 3.60. The fraction of sp³-hybridized carbons (Fsp3) is 0.286. The van der Waals surface area contributed by atoms with Crippen molar-refractivity contribution in [3.05, 3.63) is 47.8 Å². The Bertz CT molecular complexity index is 1100. The Kier molecular flexibility index (Phi) is 5.86. The molecular formula is C21H19N5O3S. The smallest absolute Gasteiger partial charge is 0.295 e. The second kappa shape index (κ2) is 8.88. The van der Waals surface area contributed by atoms with Crippen LogP contribution in [0.15, 0.2) is 36.5 Å². The summed E-state index contributed by atoms with van der Waals surface area (Å²) in [6, 6.07) is 10.9. The van der Waals surface area contributed by atoms with Crippen LogP contribution in [0.3, 0.4) is 0 Å². The lowest BCUT2D eigenvalue weighted by Crippen LogP contribution is -2.14. The Labute approximate surface area is 177 Å². The van der Waals surface area contributed by atoms with Gasteiger partial charge in [0.25, 0.3) is 11.1 Å². The molecule has 1 aliphatic rings. The standard InChI is InChI=1S/C21H19N5O3S/c1-28-18-5-3-2-4-15(18)16-10-14(11-22)23-12-17(16)19(27)24-20-25-26-21(30-20)29-9-8-13-6-7-13/h2-5,10,12-13H,6-9H2,1H3,(H,24,25,27). The van der Waals surface area contributed by atoms with E-state index in [-0.39, 0.29) is 5.69 Å². The van der Waals surface area contributed by atoms with Crippen molar-refractivity contribution in [2.24, 2.45) is 5.92 Å². The number of para-hydroxylation sites is 1. The van der Waals surface area contributed by atoms with E-state index in [9.17, 15) is 10.1 Å². The number of nitrogens with zero attached hydrogens (tertiary/aromatic N) is 4. The molecule has 0 aliphatic heterocycles. The van der Waals surface area contributed by atoms with Gasteiger partial charge >= 0.3 is 0 Å². The molecule has 1 aliphatic carbocycles. The topological polar surface area (TPSA) is 110 Å². The van der Waals surface area contributed by atoms with Crippen LogP contribution in [0.1, 0.15) is 35.3 Å². The summed E-state index contributed by atoms with van der Waals surface area (Å²) >= 11 is 1.17. The number of rotatable bonds is 8. The molecule has 0 bridgehead atoms. The van der Waals surface area contributed by atoms with Gasteiger partial charge in [-0.3, -0.25) is 10.1 Å². The van der Waals surface area contributed by atoms with Crippen molar-refractivity contribution < 1.29 is 14.3 Å². The predicted octanol–water partition coefficient (Wildman–Crippen LogP) is 3.91. The van der Waals surface area contributed by atoms with Crippen molar-refractivity contribution in [1.82, 2.24) is 15.2 Å². The van der Waals surface area contributed by atoms with E-state index in [1.165, 1.54) is 30.4 Å². The van der Waals surface area contributed by atoms with Crippen LogP contribution in [-0.2, 0) is 0 Å². The van der Waals surface area contributed by atoms with Gasteiger partial charge in [0, 0.05) is 17.3 Å². The molecule has 152 valence electrons. The highest BCUT2D eigenvalue weighted by Crippen LogP contribution is 2.34. The number of carbonyl (C=O) groups is 1. The molecule has 30 heavy (non-hydrogen) atoms. The second-order valence-corrected chi connectivity index (χ2v) is 7.78. The average Bonchev–Trinajstić information content (AvgIpc) is 3.50. The quantitative estimate of drug-likeness (QED) is 0.587. The van der Waals surface area contributed by atoms with Crippen LogP contribution in [0, 0.1) is 17.2 Å². The van der Waals surface area contributed by atoms with Crippen molar-refractivity contribution in [3.8, 4) is 28.1 Å². The van der Waals surface area contributed by atoms with E-state index in [4.69, 9.17) is 9.47 Å². The highest BCUT2D eigenvalue weighted by atomic mass is 32.1. The molecule has 1 amide bonds. The summed E-state index contributed by atoms with van der Waals surface area (Å²) in [7, 11) is 1.55. The van der Waals surface area contributed by atoms with E-state index in [0.29, 0.717) is 39.4 Å². The maximum Gasteiger partial charge on any atom is 0.295 e. The summed E-state index contributed by atoms with van der Waals surface area (Å²) in [5.41, 5.74) is 1.73. The molecule has 1 saturated carbocycles. The Balaban J connectivity index is 1.55. The van der Waals surface area contributed by atoms with Gasteiger partial charge in [-0.25, -0.2) is 4.98 Å².